The van der Waals surface area contributed by atoms with Crippen molar-refractivity contribution >= 4 is 16.2 Å². The first-order valence-corrected chi connectivity index (χ1v) is 7.06. The Morgan fingerprint density at radius 1 is 1.47 bits per heavy atom. The van der Waals surface area contributed by atoms with Crippen molar-refractivity contribution in [2.45, 2.75) is 17.7 Å². The highest BCUT2D eigenvalue weighted by atomic mass is 32.2. The second kappa shape index (κ2) is 5.06. The molecule has 0 unspecified atom stereocenters. The van der Waals surface area contributed by atoms with Gasteiger partial charge in [0.15, 0.2) is 11.5 Å². The summed E-state index contributed by atoms with van der Waals surface area (Å²) >= 11 is 0. The van der Waals surface area contributed by atoms with E-state index in [1.807, 2.05) is 0 Å². The van der Waals surface area contributed by atoms with Gasteiger partial charge in [0.2, 0.25) is 10.0 Å². The van der Waals surface area contributed by atoms with Crippen LogP contribution in [0.3, 0.4) is 0 Å². The fourth-order valence-corrected chi connectivity index (χ4v) is 2.66. The quantitative estimate of drug-likeness (QED) is 0.634. The van der Waals surface area contributed by atoms with Gasteiger partial charge >= 0.3 is 6.16 Å². The Morgan fingerprint density at radius 2 is 2.21 bits per heavy atom. The molecule has 2 N–H and O–H groups in total. The van der Waals surface area contributed by atoms with Gasteiger partial charge in [0, 0.05) is 6.07 Å². The summed E-state index contributed by atoms with van der Waals surface area (Å²) in [7, 11) is -2.39. The minimum atomic E-state index is -3.67. The zero-order valence-corrected chi connectivity index (χ0v) is 11.0. The molecule has 0 saturated carbocycles. The van der Waals surface area contributed by atoms with Gasteiger partial charge in [-0.15, -0.1) is 0 Å². The number of rotatable bonds is 3. The molecule has 0 aliphatic carbocycles. The first kappa shape index (κ1) is 13.6. The predicted molar refractivity (Wildman–Crippen MR) is 65.2 cm³/mol. The third-order valence-corrected chi connectivity index (χ3v) is 4.11. The Morgan fingerprint density at radius 3 is 2.84 bits per heavy atom. The van der Waals surface area contributed by atoms with E-state index >= 15 is 0 Å². The summed E-state index contributed by atoms with van der Waals surface area (Å²) in [5.41, 5.74) is 0.624. The largest absolute Gasteiger partial charge is 0.511 e. The van der Waals surface area contributed by atoms with Gasteiger partial charge < -0.3 is 14.6 Å². The molecule has 0 spiro atoms. The normalized spacial score (nSPS) is 14.4. The lowest BCUT2D eigenvalue weighted by atomic mass is 10.1. The summed E-state index contributed by atoms with van der Waals surface area (Å²) in [4.78, 5) is 10.6. The van der Waals surface area contributed by atoms with Crippen molar-refractivity contribution in [3.8, 4) is 11.5 Å². The van der Waals surface area contributed by atoms with E-state index in [4.69, 9.17) is 9.84 Å². The van der Waals surface area contributed by atoms with E-state index in [1.165, 1.54) is 13.1 Å². The fraction of sp³-hybridized carbons (Fsp3) is 0.364. The lowest BCUT2D eigenvalue weighted by Gasteiger charge is -2.20. The number of fused-ring (bicyclic) bond motifs is 1. The lowest BCUT2D eigenvalue weighted by Crippen LogP contribution is -2.20. The van der Waals surface area contributed by atoms with Crippen molar-refractivity contribution in [2.24, 2.45) is 0 Å². The number of aryl methyl sites for hydroxylation is 1. The molecule has 1 aliphatic rings. The third kappa shape index (κ3) is 2.79. The molecule has 0 aromatic heterocycles. The molecule has 1 aromatic rings. The number of carbonyl (C=O) groups is 1. The van der Waals surface area contributed by atoms with Crippen LogP contribution in [0.4, 0.5) is 4.79 Å². The highest BCUT2D eigenvalue weighted by Crippen LogP contribution is 2.37. The molecule has 2 rings (SSSR count). The Hall–Kier alpha value is -1.80. The molecule has 7 nitrogen and oxygen atoms in total. The molecule has 0 fully saturated rings. The van der Waals surface area contributed by atoms with Crippen LogP contribution in [0.15, 0.2) is 17.0 Å². The lowest BCUT2D eigenvalue weighted by molar-refractivity contribution is 0.141. The molecular formula is C11H13NO6S. The van der Waals surface area contributed by atoms with E-state index in [9.17, 15) is 13.2 Å². The monoisotopic (exact) mass is 287 g/mol. The van der Waals surface area contributed by atoms with Crippen molar-refractivity contribution in [2.75, 3.05) is 13.7 Å². The minimum Gasteiger partial charge on any atom is -0.489 e. The third-order valence-electron chi connectivity index (χ3n) is 2.72. The Bertz CT molecular complexity index is 610. The molecule has 104 valence electrons. The van der Waals surface area contributed by atoms with Crippen LogP contribution in [-0.4, -0.2) is 33.3 Å². The van der Waals surface area contributed by atoms with Crippen LogP contribution in [0.25, 0.3) is 0 Å². The van der Waals surface area contributed by atoms with E-state index < -0.39 is 16.2 Å². The number of carboxylic acid groups (broad SMARTS) is 1. The summed E-state index contributed by atoms with van der Waals surface area (Å²) in [6, 6.07) is 2.61. The van der Waals surface area contributed by atoms with E-state index in [0.29, 0.717) is 24.3 Å². The molecular weight excluding hydrogens is 274 g/mol. The molecule has 0 saturated heterocycles. The molecule has 0 bridgehead atoms. The Balaban J connectivity index is 2.57. The van der Waals surface area contributed by atoms with Gasteiger partial charge in [-0.2, -0.15) is 0 Å². The van der Waals surface area contributed by atoms with Crippen LogP contribution in [0.2, 0.25) is 0 Å². The zero-order chi connectivity index (χ0) is 14.0. The van der Waals surface area contributed by atoms with Gasteiger partial charge in [0.25, 0.3) is 0 Å². The second-order valence-electron chi connectivity index (χ2n) is 3.94. The zero-order valence-electron chi connectivity index (χ0n) is 10.2. The van der Waals surface area contributed by atoms with Crippen molar-refractivity contribution in [3.05, 3.63) is 17.7 Å². The Kier molecular flexibility index (Phi) is 3.63. The van der Waals surface area contributed by atoms with Crippen LogP contribution in [0.5, 0.6) is 11.5 Å². The smallest absolute Gasteiger partial charge is 0.489 e. The number of hydrogen-bond acceptors (Lipinski definition) is 5. The number of hydrogen-bond donors (Lipinski definition) is 2. The van der Waals surface area contributed by atoms with Gasteiger partial charge in [-0.3, -0.25) is 0 Å². The first-order chi connectivity index (χ1) is 8.94. The maximum atomic E-state index is 11.8. The van der Waals surface area contributed by atoms with Gasteiger partial charge in [-0.05, 0) is 31.5 Å². The number of benzene rings is 1. The molecule has 0 radical (unpaired) electrons. The highest BCUT2D eigenvalue weighted by Gasteiger charge is 2.23. The van der Waals surface area contributed by atoms with Crippen LogP contribution in [0, 0.1) is 0 Å². The fourth-order valence-electron chi connectivity index (χ4n) is 1.86. The van der Waals surface area contributed by atoms with E-state index in [1.54, 1.807) is 0 Å². The summed E-state index contributed by atoms with van der Waals surface area (Å²) in [5.74, 6) is 0.197. The number of ether oxygens (including phenoxy) is 2. The molecule has 8 heteroatoms. The highest BCUT2D eigenvalue weighted by molar-refractivity contribution is 7.89. The van der Waals surface area contributed by atoms with Crippen LogP contribution >= 0.6 is 0 Å². The van der Waals surface area contributed by atoms with Crippen LogP contribution in [0.1, 0.15) is 12.0 Å². The predicted octanol–water partition coefficient (Wildman–Crippen LogP) is 0.977. The van der Waals surface area contributed by atoms with E-state index in [-0.39, 0.29) is 10.6 Å². The van der Waals surface area contributed by atoms with Gasteiger partial charge in [-0.25, -0.2) is 17.9 Å². The average Bonchev–Trinajstić information content (AvgIpc) is 2.38. The van der Waals surface area contributed by atoms with Crippen LogP contribution in [-0.2, 0) is 16.4 Å². The van der Waals surface area contributed by atoms with Gasteiger partial charge in [0.05, 0.1) is 11.5 Å². The average molecular weight is 287 g/mol. The maximum Gasteiger partial charge on any atom is 0.511 e. The molecule has 1 aromatic carbocycles. The molecule has 0 atom stereocenters. The Labute approximate surface area is 110 Å². The van der Waals surface area contributed by atoms with E-state index in [2.05, 4.69) is 9.46 Å². The van der Waals surface area contributed by atoms with Crippen molar-refractivity contribution in [1.82, 2.24) is 4.72 Å². The summed E-state index contributed by atoms with van der Waals surface area (Å²) in [6.07, 6.45) is -0.170. The molecule has 1 aliphatic heterocycles. The molecule has 19 heavy (non-hydrogen) atoms. The topological polar surface area (TPSA) is 102 Å². The van der Waals surface area contributed by atoms with Crippen molar-refractivity contribution in [1.29, 1.82) is 0 Å². The van der Waals surface area contributed by atoms with Gasteiger partial charge in [-0.1, -0.05) is 0 Å². The maximum absolute atomic E-state index is 11.8. The van der Waals surface area contributed by atoms with Crippen molar-refractivity contribution < 1.29 is 27.8 Å². The molecule has 0 amide bonds. The molecule has 1 heterocycles. The first-order valence-electron chi connectivity index (χ1n) is 5.58. The standard InChI is InChI=1S/C11H13NO6S/c1-12-19(15,16)8-5-7-3-2-4-17-10(7)9(6-8)18-11(13)14/h5-6,12H,2-4H2,1H3,(H,13,14). The minimum absolute atomic E-state index is 0.0458. The second-order valence-corrected chi connectivity index (χ2v) is 5.82. The van der Waals surface area contributed by atoms with Crippen molar-refractivity contribution in [3.63, 3.8) is 0 Å². The summed E-state index contributed by atoms with van der Waals surface area (Å²) in [5, 5.41) is 8.68. The van der Waals surface area contributed by atoms with Crippen LogP contribution < -0.4 is 14.2 Å². The summed E-state index contributed by atoms with van der Waals surface area (Å²) in [6.45, 7) is 0.446. The number of sulfonamides is 1. The SMILES string of the molecule is CNS(=O)(=O)c1cc2c(c(OC(=O)O)c1)OCCC2. The number of nitrogens with one attached hydrogen (secondary N) is 1. The van der Waals surface area contributed by atoms with Gasteiger partial charge in [0.1, 0.15) is 0 Å². The van der Waals surface area contributed by atoms with E-state index in [0.717, 1.165) is 12.5 Å². The summed E-state index contributed by atoms with van der Waals surface area (Å²) < 4.78 is 35.7.